The normalized spacial score (nSPS) is 11.2. The van der Waals surface area contributed by atoms with E-state index in [2.05, 4.69) is 10.3 Å². The van der Waals surface area contributed by atoms with Crippen molar-refractivity contribution in [1.82, 2.24) is 10.3 Å². The van der Waals surface area contributed by atoms with Crippen LogP contribution in [0.25, 0.3) is 0 Å². The van der Waals surface area contributed by atoms with Crippen molar-refractivity contribution in [2.45, 2.75) is 13.8 Å². The van der Waals surface area contributed by atoms with Crippen molar-refractivity contribution in [3.8, 4) is 0 Å². The molecular weight excluding hydrogens is 211 g/mol. The molecule has 0 saturated carbocycles. The zero-order valence-electron chi connectivity index (χ0n) is 9.33. The van der Waals surface area contributed by atoms with Gasteiger partial charge in [-0.25, -0.2) is 4.98 Å². The molecule has 1 rings (SSSR count). The number of aliphatic hydroxyl groups is 1. The van der Waals surface area contributed by atoms with Crippen molar-refractivity contribution in [3.05, 3.63) is 29.8 Å². The molecule has 0 atom stereocenters. The summed E-state index contributed by atoms with van der Waals surface area (Å²) in [5, 5.41) is 11.6. The third kappa shape index (κ3) is 3.58. The lowest BCUT2D eigenvalue weighted by Gasteiger charge is -2.21. The molecule has 1 amide bonds. The van der Waals surface area contributed by atoms with Gasteiger partial charge in [-0.15, -0.1) is 0 Å². The highest BCUT2D eigenvalue weighted by molar-refractivity contribution is 5.93. The predicted octanol–water partition coefficient (Wildman–Crippen LogP) is 0.969. The number of nitrogens with zero attached hydrogens (tertiary/aromatic N) is 1. The first kappa shape index (κ1) is 12.6. The molecule has 4 nitrogen and oxygen atoms in total. The Labute approximate surface area is 93.5 Å². The van der Waals surface area contributed by atoms with Crippen LogP contribution in [0.5, 0.6) is 0 Å². The fraction of sp³-hybridized carbons (Fsp3) is 0.455. The lowest BCUT2D eigenvalue weighted by molar-refractivity contribution is 0.0910. The molecular formula is C11H15FN2O2. The minimum Gasteiger partial charge on any atom is -0.396 e. The molecule has 0 aliphatic heterocycles. The number of pyridine rings is 1. The number of hydrogen-bond donors (Lipinski definition) is 2. The van der Waals surface area contributed by atoms with E-state index in [0.29, 0.717) is 12.1 Å². The van der Waals surface area contributed by atoms with Crippen molar-refractivity contribution in [1.29, 1.82) is 0 Å². The number of halogens is 1. The fourth-order valence-corrected chi connectivity index (χ4v) is 0.988. The maximum absolute atomic E-state index is 12.5. The van der Waals surface area contributed by atoms with Crippen LogP contribution in [0.15, 0.2) is 18.3 Å². The van der Waals surface area contributed by atoms with Crippen molar-refractivity contribution in [3.63, 3.8) is 0 Å². The number of aliphatic hydroxyl groups excluding tert-OH is 1. The van der Waals surface area contributed by atoms with Gasteiger partial charge in [0.2, 0.25) is 5.95 Å². The van der Waals surface area contributed by atoms with E-state index in [1.54, 1.807) is 0 Å². The van der Waals surface area contributed by atoms with Crippen molar-refractivity contribution < 1.29 is 14.3 Å². The number of amides is 1. The van der Waals surface area contributed by atoms with E-state index in [0.717, 1.165) is 6.07 Å². The van der Waals surface area contributed by atoms with E-state index in [1.165, 1.54) is 12.3 Å². The molecule has 0 spiro atoms. The van der Waals surface area contributed by atoms with Crippen LogP contribution < -0.4 is 5.32 Å². The Hall–Kier alpha value is -1.49. The summed E-state index contributed by atoms with van der Waals surface area (Å²) in [6.45, 7) is 3.99. The Bertz CT molecular complexity index is 363. The van der Waals surface area contributed by atoms with Crippen LogP contribution in [0, 0.1) is 11.4 Å². The molecule has 1 heterocycles. The van der Waals surface area contributed by atoms with Crippen LogP contribution in [0.4, 0.5) is 4.39 Å². The Balaban J connectivity index is 2.56. The number of hydrogen-bond acceptors (Lipinski definition) is 3. The van der Waals surface area contributed by atoms with Crippen LogP contribution in [0.2, 0.25) is 0 Å². The van der Waals surface area contributed by atoms with E-state index in [-0.39, 0.29) is 17.9 Å². The minimum absolute atomic E-state index is 0.0189. The van der Waals surface area contributed by atoms with Gasteiger partial charge in [-0.05, 0) is 12.1 Å². The summed E-state index contributed by atoms with van der Waals surface area (Å²) in [6, 6.07) is 2.50. The highest BCUT2D eigenvalue weighted by Crippen LogP contribution is 2.11. The monoisotopic (exact) mass is 226 g/mol. The van der Waals surface area contributed by atoms with Crippen molar-refractivity contribution >= 4 is 5.91 Å². The van der Waals surface area contributed by atoms with Crippen LogP contribution in [0.1, 0.15) is 24.2 Å². The Kier molecular flexibility index (Phi) is 3.95. The summed E-state index contributed by atoms with van der Waals surface area (Å²) in [7, 11) is 0. The SMILES string of the molecule is CC(C)(CO)CNC(=O)c1ccc(F)nc1. The van der Waals surface area contributed by atoms with Gasteiger partial charge in [-0.3, -0.25) is 4.79 Å². The number of carbonyl (C=O) groups is 1. The Morgan fingerprint density at radius 3 is 2.75 bits per heavy atom. The molecule has 0 aromatic carbocycles. The molecule has 1 aromatic rings. The van der Waals surface area contributed by atoms with E-state index >= 15 is 0 Å². The average molecular weight is 226 g/mol. The van der Waals surface area contributed by atoms with E-state index in [9.17, 15) is 9.18 Å². The highest BCUT2D eigenvalue weighted by Gasteiger charge is 2.17. The Morgan fingerprint density at radius 2 is 2.25 bits per heavy atom. The highest BCUT2D eigenvalue weighted by atomic mass is 19.1. The molecule has 16 heavy (non-hydrogen) atoms. The predicted molar refractivity (Wildman–Crippen MR) is 57.4 cm³/mol. The molecule has 0 radical (unpaired) electrons. The van der Waals surface area contributed by atoms with Gasteiger partial charge in [-0.1, -0.05) is 13.8 Å². The molecule has 0 saturated heterocycles. The molecule has 2 N–H and O–H groups in total. The maximum atomic E-state index is 12.5. The summed E-state index contributed by atoms with van der Waals surface area (Å²) in [4.78, 5) is 15.0. The van der Waals surface area contributed by atoms with E-state index in [1.807, 2.05) is 13.8 Å². The second-order valence-corrected chi connectivity index (χ2v) is 4.37. The van der Waals surface area contributed by atoms with Crippen molar-refractivity contribution in [2.24, 2.45) is 5.41 Å². The molecule has 0 aliphatic carbocycles. The summed E-state index contributed by atoms with van der Waals surface area (Å²) in [6.07, 6.45) is 1.18. The van der Waals surface area contributed by atoms with Crippen LogP contribution in [-0.2, 0) is 0 Å². The van der Waals surface area contributed by atoms with E-state index in [4.69, 9.17) is 5.11 Å². The first-order valence-electron chi connectivity index (χ1n) is 4.95. The largest absolute Gasteiger partial charge is 0.396 e. The van der Waals surface area contributed by atoms with Gasteiger partial charge in [0.05, 0.1) is 5.56 Å². The number of rotatable bonds is 4. The molecule has 88 valence electrons. The first-order valence-corrected chi connectivity index (χ1v) is 4.95. The minimum atomic E-state index is -0.618. The molecule has 0 unspecified atom stereocenters. The van der Waals surface area contributed by atoms with Crippen LogP contribution in [-0.4, -0.2) is 29.1 Å². The van der Waals surface area contributed by atoms with Crippen LogP contribution >= 0.6 is 0 Å². The third-order valence-electron chi connectivity index (χ3n) is 2.15. The van der Waals surface area contributed by atoms with Crippen molar-refractivity contribution in [2.75, 3.05) is 13.2 Å². The molecule has 0 fully saturated rings. The Morgan fingerprint density at radius 1 is 1.56 bits per heavy atom. The first-order chi connectivity index (χ1) is 7.44. The van der Waals surface area contributed by atoms with Gasteiger partial charge >= 0.3 is 0 Å². The summed E-state index contributed by atoms with van der Waals surface area (Å²) in [5.74, 6) is -0.943. The zero-order chi connectivity index (χ0) is 12.2. The lowest BCUT2D eigenvalue weighted by Crippen LogP contribution is -2.36. The van der Waals surface area contributed by atoms with Gasteiger partial charge in [0.15, 0.2) is 0 Å². The van der Waals surface area contributed by atoms with Gasteiger partial charge in [0.1, 0.15) is 0 Å². The average Bonchev–Trinajstić information content (AvgIpc) is 2.27. The molecule has 0 aliphatic rings. The van der Waals surface area contributed by atoms with Gasteiger partial charge < -0.3 is 10.4 Å². The summed E-state index contributed by atoms with van der Waals surface area (Å²) in [5.41, 5.74) is -0.0709. The lowest BCUT2D eigenvalue weighted by atomic mass is 9.95. The van der Waals surface area contributed by atoms with Gasteiger partial charge in [-0.2, -0.15) is 4.39 Å². The smallest absolute Gasteiger partial charge is 0.252 e. The second-order valence-electron chi connectivity index (χ2n) is 4.37. The molecule has 0 bridgehead atoms. The third-order valence-corrected chi connectivity index (χ3v) is 2.15. The van der Waals surface area contributed by atoms with E-state index < -0.39 is 5.95 Å². The second kappa shape index (κ2) is 5.03. The topological polar surface area (TPSA) is 62.2 Å². The van der Waals surface area contributed by atoms with Crippen LogP contribution in [0.3, 0.4) is 0 Å². The van der Waals surface area contributed by atoms with Gasteiger partial charge in [0, 0.05) is 24.8 Å². The number of carbonyl (C=O) groups excluding carboxylic acids is 1. The molecule has 1 aromatic heterocycles. The van der Waals surface area contributed by atoms with Gasteiger partial charge in [0.25, 0.3) is 5.91 Å². The zero-order valence-corrected chi connectivity index (χ0v) is 9.33. The fourth-order valence-electron chi connectivity index (χ4n) is 0.988. The maximum Gasteiger partial charge on any atom is 0.252 e. The number of aromatic nitrogens is 1. The quantitative estimate of drug-likeness (QED) is 0.752. The summed E-state index contributed by atoms with van der Waals surface area (Å²) >= 11 is 0. The number of nitrogens with one attached hydrogen (secondary N) is 1. The molecule has 5 heteroatoms. The summed E-state index contributed by atoms with van der Waals surface area (Å²) < 4.78 is 12.5. The standard InChI is InChI=1S/C11H15FN2O2/c1-11(2,7-15)6-14-10(16)8-3-4-9(12)13-5-8/h3-5,15H,6-7H2,1-2H3,(H,14,16).